The first-order valence-electron chi connectivity index (χ1n) is 11.6. The van der Waals surface area contributed by atoms with Crippen LogP contribution in [0.25, 0.3) is 0 Å². The first-order chi connectivity index (χ1) is 17.2. The van der Waals surface area contributed by atoms with Crippen molar-refractivity contribution in [3.05, 3.63) is 106 Å². The second-order valence-electron chi connectivity index (χ2n) is 9.20. The smallest absolute Gasteiger partial charge is 0.194 e. The molecule has 0 heterocycles. The average Bonchev–Trinajstić information content (AvgIpc) is 2.87. The van der Waals surface area contributed by atoms with Crippen molar-refractivity contribution in [1.82, 2.24) is 0 Å². The molecule has 4 rings (SSSR count). The summed E-state index contributed by atoms with van der Waals surface area (Å²) in [6.07, 6.45) is 2.49. The molecule has 1 N–H and O–H groups in total. The molecule has 3 aromatic carbocycles. The zero-order chi connectivity index (χ0) is 26.0. The van der Waals surface area contributed by atoms with Crippen molar-refractivity contribution in [2.45, 2.75) is 26.2 Å². The maximum absolute atomic E-state index is 14.0. The number of benzene rings is 3. The number of methoxy groups -OCH3 is 1. The Morgan fingerprint density at radius 2 is 1.75 bits per heavy atom. The summed E-state index contributed by atoms with van der Waals surface area (Å²) in [4.78, 5) is 52.7. The van der Waals surface area contributed by atoms with Crippen LogP contribution < -0.4 is 4.74 Å². The number of ketones is 3. The third kappa shape index (κ3) is 4.62. The number of phenols is 1. The molecule has 0 aromatic heterocycles. The number of fused-ring (bicyclic) bond motifs is 1. The van der Waals surface area contributed by atoms with Gasteiger partial charge in [0.15, 0.2) is 17.3 Å². The number of carbonyl (C=O) groups excluding carboxylic acids is 4. The van der Waals surface area contributed by atoms with Gasteiger partial charge >= 0.3 is 0 Å². The highest BCUT2D eigenvalue weighted by Gasteiger charge is 2.38. The minimum Gasteiger partial charge on any atom is -0.507 e. The van der Waals surface area contributed by atoms with Crippen molar-refractivity contribution in [2.75, 3.05) is 7.11 Å². The third-order valence-corrected chi connectivity index (χ3v) is 6.26. The van der Waals surface area contributed by atoms with Gasteiger partial charge < -0.3 is 9.84 Å². The lowest BCUT2D eigenvalue weighted by Gasteiger charge is -2.25. The second kappa shape index (κ2) is 10.1. The highest BCUT2D eigenvalue weighted by Crippen LogP contribution is 2.38. The van der Waals surface area contributed by atoms with E-state index in [0.29, 0.717) is 29.9 Å². The predicted molar refractivity (Wildman–Crippen MR) is 135 cm³/mol. The summed E-state index contributed by atoms with van der Waals surface area (Å²) in [6, 6.07) is 15.9. The van der Waals surface area contributed by atoms with Crippen LogP contribution in [0.15, 0.2) is 72.3 Å². The van der Waals surface area contributed by atoms with Crippen LogP contribution in [0.2, 0.25) is 0 Å². The van der Waals surface area contributed by atoms with E-state index in [-0.39, 0.29) is 33.6 Å². The Hall–Kier alpha value is -4.32. The normalized spacial score (nSPS) is 13.7. The second-order valence-corrected chi connectivity index (χ2v) is 9.20. The van der Waals surface area contributed by atoms with Gasteiger partial charge in [0.1, 0.15) is 17.8 Å². The number of hydrogen-bond acceptors (Lipinski definition) is 6. The molecule has 36 heavy (non-hydrogen) atoms. The van der Waals surface area contributed by atoms with Gasteiger partial charge in [-0.25, -0.2) is 0 Å². The highest BCUT2D eigenvalue weighted by atomic mass is 16.5. The fourth-order valence-corrected chi connectivity index (χ4v) is 4.58. The van der Waals surface area contributed by atoms with Crippen LogP contribution in [0.4, 0.5) is 0 Å². The van der Waals surface area contributed by atoms with E-state index in [9.17, 15) is 24.3 Å². The number of rotatable bonds is 8. The molecule has 0 saturated heterocycles. The van der Waals surface area contributed by atoms with E-state index < -0.39 is 23.3 Å². The molecule has 0 aliphatic heterocycles. The van der Waals surface area contributed by atoms with Crippen molar-refractivity contribution >= 4 is 23.6 Å². The van der Waals surface area contributed by atoms with Crippen molar-refractivity contribution in [2.24, 2.45) is 5.92 Å². The van der Waals surface area contributed by atoms with E-state index in [0.717, 1.165) is 11.6 Å². The Kier molecular flexibility index (Phi) is 6.97. The Balaban J connectivity index is 1.94. The molecular formula is C30H26O6. The molecule has 0 saturated carbocycles. The molecule has 6 nitrogen and oxygen atoms in total. The molecular weight excluding hydrogens is 456 g/mol. The third-order valence-electron chi connectivity index (χ3n) is 6.26. The molecule has 0 spiro atoms. The Morgan fingerprint density at radius 1 is 1.03 bits per heavy atom. The van der Waals surface area contributed by atoms with Crippen molar-refractivity contribution < 1.29 is 29.0 Å². The predicted octanol–water partition coefficient (Wildman–Crippen LogP) is 5.38. The van der Waals surface area contributed by atoms with E-state index in [1.54, 1.807) is 36.4 Å². The van der Waals surface area contributed by atoms with Crippen molar-refractivity contribution in [3.8, 4) is 11.5 Å². The van der Waals surface area contributed by atoms with E-state index in [2.05, 4.69) is 13.8 Å². The zero-order valence-corrected chi connectivity index (χ0v) is 20.3. The van der Waals surface area contributed by atoms with Crippen LogP contribution >= 0.6 is 0 Å². The van der Waals surface area contributed by atoms with Gasteiger partial charge in [-0.05, 0) is 59.9 Å². The number of phenolic OH excluding ortho intramolecular Hbond substituents is 1. The summed E-state index contributed by atoms with van der Waals surface area (Å²) < 4.78 is 5.19. The van der Waals surface area contributed by atoms with E-state index in [1.165, 1.54) is 25.3 Å². The Morgan fingerprint density at radius 3 is 2.39 bits per heavy atom. The monoisotopic (exact) mass is 482 g/mol. The number of hydrogen-bond donors (Lipinski definition) is 1. The fourth-order valence-electron chi connectivity index (χ4n) is 4.58. The van der Waals surface area contributed by atoms with Crippen LogP contribution in [0.5, 0.6) is 11.5 Å². The molecule has 182 valence electrons. The molecule has 0 bridgehead atoms. The van der Waals surface area contributed by atoms with Crippen LogP contribution in [0.1, 0.15) is 72.3 Å². The van der Waals surface area contributed by atoms with Crippen LogP contribution in [0.3, 0.4) is 0 Å². The SMILES string of the molecule is COc1ccc(C(=O)C(C2=CC(=O)c3cccc(O)c3C2=O)c2cc(CC(C)C)ccc2C=O)cc1. The summed E-state index contributed by atoms with van der Waals surface area (Å²) in [7, 11) is 1.51. The maximum Gasteiger partial charge on any atom is 0.194 e. The van der Waals surface area contributed by atoms with E-state index in [1.807, 2.05) is 6.07 Å². The summed E-state index contributed by atoms with van der Waals surface area (Å²) in [5.74, 6) is -2.26. The van der Waals surface area contributed by atoms with E-state index in [4.69, 9.17) is 4.74 Å². The fraction of sp³-hybridized carbons (Fsp3) is 0.200. The van der Waals surface area contributed by atoms with Gasteiger partial charge in [0.2, 0.25) is 0 Å². The highest BCUT2D eigenvalue weighted by molar-refractivity contribution is 6.28. The summed E-state index contributed by atoms with van der Waals surface area (Å²) >= 11 is 0. The van der Waals surface area contributed by atoms with Gasteiger partial charge in [0, 0.05) is 22.3 Å². The molecule has 1 atom stereocenters. The minimum atomic E-state index is -1.23. The summed E-state index contributed by atoms with van der Waals surface area (Å²) in [6.45, 7) is 4.11. The molecule has 0 radical (unpaired) electrons. The lowest BCUT2D eigenvalue weighted by atomic mass is 9.75. The largest absolute Gasteiger partial charge is 0.507 e. The minimum absolute atomic E-state index is 0.0727. The number of Topliss-reactive ketones (excluding diaryl/α,β-unsaturated/α-hetero) is 2. The molecule has 1 aliphatic carbocycles. The molecule has 0 fully saturated rings. The molecule has 1 aliphatic rings. The van der Waals surface area contributed by atoms with E-state index >= 15 is 0 Å². The zero-order valence-electron chi connectivity index (χ0n) is 20.3. The van der Waals surface area contributed by atoms with Crippen molar-refractivity contribution in [1.29, 1.82) is 0 Å². The van der Waals surface area contributed by atoms with Gasteiger partial charge in [-0.15, -0.1) is 0 Å². The topological polar surface area (TPSA) is 97.7 Å². The van der Waals surface area contributed by atoms with Crippen LogP contribution in [-0.4, -0.2) is 35.9 Å². The Bertz CT molecular complexity index is 1400. The Labute approximate surface area is 209 Å². The molecule has 3 aromatic rings. The maximum atomic E-state index is 14.0. The molecule has 0 amide bonds. The number of allylic oxidation sites excluding steroid dienone is 2. The molecule has 6 heteroatoms. The number of ether oxygens (including phenoxy) is 1. The van der Waals surface area contributed by atoms with Gasteiger partial charge in [-0.2, -0.15) is 0 Å². The number of carbonyl (C=O) groups is 4. The van der Waals surface area contributed by atoms with Gasteiger partial charge in [-0.1, -0.05) is 44.2 Å². The van der Waals surface area contributed by atoms with Gasteiger partial charge in [0.25, 0.3) is 0 Å². The van der Waals surface area contributed by atoms with Crippen molar-refractivity contribution in [3.63, 3.8) is 0 Å². The summed E-state index contributed by atoms with van der Waals surface area (Å²) in [5, 5.41) is 10.4. The first kappa shape index (κ1) is 24.8. The van der Waals surface area contributed by atoms with Gasteiger partial charge in [-0.3, -0.25) is 19.2 Å². The standard InChI is InChI=1S/C30H26O6/c1-17(2)13-18-7-8-20(16-31)23(14-18)27(29(34)19-9-11-21(36-3)12-10-19)24-15-26(33)22-5-4-6-25(32)28(22)30(24)35/h4-12,14-17,27,32H,13H2,1-3H3. The quantitative estimate of drug-likeness (QED) is 0.342. The number of aromatic hydroxyl groups is 1. The lowest BCUT2D eigenvalue weighted by Crippen LogP contribution is -2.27. The number of aldehydes is 1. The first-order valence-corrected chi connectivity index (χ1v) is 11.6. The summed E-state index contributed by atoms with van der Waals surface area (Å²) in [5.41, 5.74) is 1.63. The van der Waals surface area contributed by atoms with Crippen LogP contribution in [-0.2, 0) is 6.42 Å². The molecule has 1 unspecified atom stereocenters. The lowest BCUT2D eigenvalue weighted by molar-refractivity contribution is 0.0928. The van der Waals surface area contributed by atoms with Gasteiger partial charge in [0.05, 0.1) is 18.6 Å². The van der Waals surface area contributed by atoms with Crippen LogP contribution in [0, 0.1) is 5.92 Å². The average molecular weight is 483 g/mol.